The lowest BCUT2D eigenvalue weighted by molar-refractivity contribution is -0.140. The van der Waals surface area contributed by atoms with Gasteiger partial charge in [0.2, 0.25) is 0 Å². The van der Waals surface area contributed by atoms with Gasteiger partial charge in [0.15, 0.2) is 5.78 Å². The van der Waals surface area contributed by atoms with Crippen molar-refractivity contribution in [1.82, 2.24) is 9.78 Å². The highest BCUT2D eigenvalue weighted by Crippen LogP contribution is 2.20. The van der Waals surface area contributed by atoms with Crippen LogP contribution in [0.15, 0.2) is 48.5 Å². The molecule has 1 aromatic heterocycles. The highest BCUT2D eigenvalue weighted by Gasteiger charge is 2.15. The number of hydrogen-bond acceptors (Lipinski definition) is 5. The second kappa shape index (κ2) is 9.38. The van der Waals surface area contributed by atoms with Gasteiger partial charge in [-0.3, -0.25) is 14.4 Å². The summed E-state index contributed by atoms with van der Waals surface area (Å²) in [6.07, 6.45) is 0.865. The molecule has 0 atom stereocenters. The molecule has 0 bridgehead atoms. The summed E-state index contributed by atoms with van der Waals surface area (Å²) < 4.78 is 6.53. The maximum atomic E-state index is 12.5. The van der Waals surface area contributed by atoms with E-state index in [0.29, 0.717) is 29.7 Å². The largest absolute Gasteiger partial charge is 0.469 e. The van der Waals surface area contributed by atoms with Crippen LogP contribution in [-0.2, 0) is 16.0 Å². The third-order valence-corrected chi connectivity index (χ3v) is 5.17. The molecule has 160 valence electrons. The van der Waals surface area contributed by atoms with Crippen LogP contribution in [0.2, 0.25) is 0 Å². The van der Waals surface area contributed by atoms with E-state index in [0.717, 1.165) is 22.6 Å². The van der Waals surface area contributed by atoms with Crippen LogP contribution in [0.1, 0.15) is 51.0 Å². The minimum absolute atomic E-state index is 0.0222. The van der Waals surface area contributed by atoms with Crippen molar-refractivity contribution in [2.24, 2.45) is 0 Å². The number of amides is 1. The molecule has 1 heterocycles. The first-order valence-electron chi connectivity index (χ1n) is 9.95. The van der Waals surface area contributed by atoms with Gasteiger partial charge in [-0.25, -0.2) is 4.68 Å². The van der Waals surface area contributed by atoms with Crippen LogP contribution >= 0.6 is 0 Å². The van der Waals surface area contributed by atoms with E-state index in [1.807, 2.05) is 30.7 Å². The van der Waals surface area contributed by atoms with Crippen molar-refractivity contribution >= 4 is 23.3 Å². The second-order valence-electron chi connectivity index (χ2n) is 7.27. The Hall–Kier alpha value is -3.74. The Labute approximate surface area is 181 Å². The highest BCUT2D eigenvalue weighted by molar-refractivity contribution is 6.04. The molecule has 1 N–H and O–H groups in total. The van der Waals surface area contributed by atoms with E-state index < -0.39 is 0 Å². The van der Waals surface area contributed by atoms with Gasteiger partial charge in [-0.1, -0.05) is 0 Å². The number of benzene rings is 2. The first kappa shape index (κ1) is 22.0. The summed E-state index contributed by atoms with van der Waals surface area (Å²) in [5, 5.41) is 7.41. The Morgan fingerprint density at radius 1 is 0.968 bits per heavy atom. The standard InChI is InChI=1S/C24H25N3O4/c1-15-22(13-14-23(29)31-4)16(2)27(26-15)21-11-7-19(8-12-21)24(30)25-20-9-5-18(6-10-20)17(3)28/h5-12H,13-14H2,1-4H3,(H,25,30). The van der Waals surface area contributed by atoms with Crippen LogP contribution < -0.4 is 5.32 Å². The van der Waals surface area contributed by atoms with Gasteiger partial charge in [-0.2, -0.15) is 5.10 Å². The number of hydrogen-bond donors (Lipinski definition) is 1. The second-order valence-corrected chi connectivity index (χ2v) is 7.27. The molecular weight excluding hydrogens is 394 g/mol. The molecule has 3 rings (SSSR count). The molecule has 0 aliphatic carbocycles. The van der Waals surface area contributed by atoms with Crippen LogP contribution in [0.5, 0.6) is 0 Å². The van der Waals surface area contributed by atoms with E-state index in [9.17, 15) is 14.4 Å². The minimum Gasteiger partial charge on any atom is -0.469 e. The van der Waals surface area contributed by atoms with Crippen molar-refractivity contribution in [2.75, 3.05) is 12.4 Å². The molecule has 0 aliphatic rings. The van der Waals surface area contributed by atoms with E-state index >= 15 is 0 Å². The van der Waals surface area contributed by atoms with Crippen molar-refractivity contribution in [3.8, 4) is 5.69 Å². The molecule has 7 nitrogen and oxygen atoms in total. The van der Waals surface area contributed by atoms with E-state index in [1.165, 1.54) is 14.0 Å². The van der Waals surface area contributed by atoms with Crippen LogP contribution in [0.4, 0.5) is 5.69 Å². The van der Waals surface area contributed by atoms with Crippen LogP contribution in [0, 0.1) is 13.8 Å². The number of carbonyl (C=O) groups is 3. The fourth-order valence-corrected chi connectivity index (χ4v) is 3.36. The average Bonchev–Trinajstić information content (AvgIpc) is 3.05. The summed E-state index contributed by atoms with van der Waals surface area (Å²) in [7, 11) is 1.38. The lowest BCUT2D eigenvalue weighted by Gasteiger charge is -2.08. The van der Waals surface area contributed by atoms with E-state index in [2.05, 4.69) is 10.4 Å². The number of nitrogens with zero attached hydrogens (tertiary/aromatic N) is 2. The summed E-state index contributed by atoms with van der Waals surface area (Å²) in [5.41, 5.74) is 5.37. The van der Waals surface area contributed by atoms with Crippen molar-refractivity contribution in [2.45, 2.75) is 33.6 Å². The van der Waals surface area contributed by atoms with Crippen molar-refractivity contribution < 1.29 is 19.1 Å². The predicted molar refractivity (Wildman–Crippen MR) is 118 cm³/mol. The number of nitrogens with one attached hydrogen (secondary N) is 1. The Morgan fingerprint density at radius 2 is 1.58 bits per heavy atom. The van der Waals surface area contributed by atoms with Gasteiger partial charge in [0.1, 0.15) is 0 Å². The molecule has 0 fully saturated rings. The zero-order valence-corrected chi connectivity index (χ0v) is 18.1. The number of aryl methyl sites for hydroxylation is 1. The molecule has 31 heavy (non-hydrogen) atoms. The number of anilines is 1. The van der Waals surface area contributed by atoms with Gasteiger partial charge in [0.05, 0.1) is 18.5 Å². The fourth-order valence-electron chi connectivity index (χ4n) is 3.36. The maximum Gasteiger partial charge on any atom is 0.305 e. The maximum absolute atomic E-state index is 12.5. The quantitative estimate of drug-likeness (QED) is 0.461. The average molecular weight is 419 g/mol. The number of Topliss-reactive ketones (excluding diaryl/α,β-unsaturated/α-hetero) is 1. The van der Waals surface area contributed by atoms with E-state index in [4.69, 9.17) is 4.74 Å². The number of methoxy groups -OCH3 is 1. The Balaban J connectivity index is 1.73. The number of ketones is 1. The van der Waals surface area contributed by atoms with E-state index in [1.54, 1.807) is 36.4 Å². The smallest absolute Gasteiger partial charge is 0.305 e. The first-order valence-corrected chi connectivity index (χ1v) is 9.95. The number of esters is 1. The Morgan fingerprint density at radius 3 is 2.16 bits per heavy atom. The molecule has 0 saturated carbocycles. The van der Waals surface area contributed by atoms with Gasteiger partial charge in [0, 0.05) is 28.9 Å². The molecule has 0 unspecified atom stereocenters. The Bertz CT molecular complexity index is 1110. The summed E-state index contributed by atoms with van der Waals surface area (Å²) in [5.74, 6) is -0.516. The third kappa shape index (κ3) is 5.06. The van der Waals surface area contributed by atoms with E-state index in [-0.39, 0.29) is 17.7 Å². The molecule has 0 spiro atoms. The van der Waals surface area contributed by atoms with Gasteiger partial charge >= 0.3 is 5.97 Å². The lowest BCUT2D eigenvalue weighted by atomic mass is 10.1. The first-order chi connectivity index (χ1) is 14.8. The van der Waals surface area contributed by atoms with Crippen molar-refractivity contribution in [3.05, 3.63) is 76.6 Å². The molecular formula is C24H25N3O4. The molecule has 3 aromatic rings. The summed E-state index contributed by atoms with van der Waals surface area (Å²) in [4.78, 5) is 35.4. The monoisotopic (exact) mass is 419 g/mol. The number of aromatic nitrogens is 2. The van der Waals surface area contributed by atoms with Gasteiger partial charge in [-0.05, 0) is 81.3 Å². The zero-order valence-electron chi connectivity index (χ0n) is 18.1. The number of ether oxygens (including phenoxy) is 1. The van der Waals surface area contributed by atoms with Crippen molar-refractivity contribution in [3.63, 3.8) is 0 Å². The molecule has 7 heteroatoms. The number of rotatable bonds is 7. The number of carbonyl (C=O) groups excluding carboxylic acids is 3. The molecule has 1 amide bonds. The van der Waals surface area contributed by atoms with Crippen molar-refractivity contribution in [1.29, 1.82) is 0 Å². The molecule has 0 saturated heterocycles. The topological polar surface area (TPSA) is 90.3 Å². The summed E-state index contributed by atoms with van der Waals surface area (Å²) in [6.45, 7) is 5.37. The predicted octanol–water partition coefficient (Wildman–Crippen LogP) is 4.05. The van der Waals surface area contributed by atoms with Crippen LogP contribution in [-0.4, -0.2) is 34.6 Å². The zero-order chi connectivity index (χ0) is 22.5. The SMILES string of the molecule is COC(=O)CCc1c(C)nn(-c2ccc(C(=O)Nc3ccc(C(C)=O)cc3)cc2)c1C. The minimum atomic E-state index is -0.252. The fraction of sp³-hybridized carbons (Fsp3) is 0.250. The Kier molecular flexibility index (Phi) is 6.65. The molecule has 2 aromatic carbocycles. The van der Waals surface area contributed by atoms with Gasteiger partial charge in [0.25, 0.3) is 5.91 Å². The normalized spacial score (nSPS) is 10.6. The van der Waals surface area contributed by atoms with Gasteiger partial charge < -0.3 is 10.1 Å². The molecule has 0 radical (unpaired) electrons. The molecule has 0 aliphatic heterocycles. The third-order valence-electron chi connectivity index (χ3n) is 5.17. The lowest BCUT2D eigenvalue weighted by Crippen LogP contribution is -2.12. The van der Waals surface area contributed by atoms with Gasteiger partial charge in [-0.15, -0.1) is 0 Å². The summed E-state index contributed by atoms with van der Waals surface area (Å²) in [6, 6.07) is 13.9. The summed E-state index contributed by atoms with van der Waals surface area (Å²) >= 11 is 0. The van der Waals surface area contributed by atoms with Crippen LogP contribution in [0.25, 0.3) is 5.69 Å². The highest BCUT2D eigenvalue weighted by atomic mass is 16.5. The van der Waals surface area contributed by atoms with Crippen LogP contribution in [0.3, 0.4) is 0 Å².